The predicted molar refractivity (Wildman–Crippen MR) is 63.5 cm³/mol. The Morgan fingerprint density at radius 3 is 2.94 bits per heavy atom. The van der Waals surface area contributed by atoms with E-state index in [0.717, 1.165) is 4.88 Å². The number of fused-ring (bicyclic) bond motifs is 1. The van der Waals surface area contributed by atoms with Gasteiger partial charge in [-0.15, -0.1) is 11.3 Å². The summed E-state index contributed by atoms with van der Waals surface area (Å²) in [5.74, 6) is 0.575. The van der Waals surface area contributed by atoms with E-state index in [9.17, 15) is 4.79 Å². The van der Waals surface area contributed by atoms with Gasteiger partial charge in [0, 0.05) is 6.20 Å². The Kier molecular flexibility index (Phi) is 2.04. The monoisotopic (exact) mass is 229 g/mol. The Morgan fingerprint density at radius 1 is 1.25 bits per heavy atom. The van der Waals surface area contributed by atoms with Crippen LogP contribution in [0.15, 0.2) is 40.8 Å². The van der Waals surface area contributed by atoms with Gasteiger partial charge in [0.05, 0.1) is 21.3 Å². The van der Waals surface area contributed by atoms with Crippen LogP contribution in [0.1, 0.15) is 0 Å². The van der Waals surface area contributed by atoms with E-state index >= 15 is 0 Å². The molecule has 0 saturated heterocycles. The van der Waals surface area contributed by atoms with E-state index in [1.54, 1.807) is 17.8 Å². The molecule has 0 bridgehead atoms. The first kappa shape index (κ1) is 9.23. The van der Waals surface area contributed by atoms with E-state index in [2.05, 4.69) is 15.0 Å². The summed E-state index contributed by atoms with van der Waals surface area (Å²) in [7, 11) is 0. The Balaban J connectivity index is 2.34. The van der Waals surface area contributed by atoms with Gasteiger partial charge in [-0.25, -0.2) is 4.98 Å². The molecule has 0 atom stereocenters. The number of benzene rings is 1. The summed E-state index contributed by atoms with van der Waals surface area (Å²) in [6.07, 6.45) is 1.69. The standard InChI is InChI=1S/C11H7N3OS/c15-11-7-3-1-2-4-8(7)13-10(14-11)9-5-12-6-16-9/h1-6H,(H,13,14,15). The lowest BCUT2D eigenvalue weighted by molar-refractivity contribution is 1.18. The first-order chi connectivity index (χ1) is 7.84. The Morgan fingerprint density at radius 2 is 2.12 bits per heavy atom. The van der Waals surface area contributed by atoms with Gasteiger partial charge in [0.15, 0.2) is 5.82 Å². The zero-order valence-corrected chi connectivity index (χ0v) is 8.99. The molecule has 1 aromatic carbocycles. The summed E-state index contributed by atoms with van der Waals surface area (Å²) in [6.45, 7) is 0. The summed E-state index contributed by atoms with van der Waals surface area (Å²) in [5, 5.41) is 0.607. The van der Waals surface area contributed by atoms with Crippen molar-refractivity contribution in [1.82, 2.24) is 15.0 Å². The van der Waals surface area contributed by atoms with Crippen molar-refractivity contribution < 1.29 is 0 Å². The van der Waals surface area contributed by atoms with Crippen LogP contribution in [-0.2, 0) is 0 Å². The van der Waals surface area contributed by atoms with Crippen molar-refractivity contribution in [2.75, 3.05) is 0 Å². The highest BCUT2D eigenvalue weighted by Crippen LogP contribution is 2.19. The molecule has 3 aromatic rings. The highest BCUT2D eigenvalue weighted by Gasteiger charge is 2.05. The molecule has 2 aromatic heterocycles. The highest BCUT2D eigenvalue weighted by molar-refractivity contribution is 7.13. The maximum absolute atomic E-state index is 11.8. The van der Waals surface area contributed by atoms with E-state index in [1.165, 1.54) is 11.3 Å². The second-order valence-electron chi connectivity index (χ2n) is 3.30. The van der Waals surface area contributed by atoms with E-state index in [4.69, 9.17) is 0 Å². The molecular weight excluding hydrogens is 222 g/mol. The minimum Gasteiger partial charge on any atom is -0.305 e. The zero-order valence-electron chi connectivity index (χ0n) is 8.18. The summed E-state index contributed by atoms with van der Waals surface area (Å²) < 4.78 is 0. The number of H-pyrrole nitrogens is 1. The fourth-order valence-corrected chi connectivity index (χ4v) is 2.10. The molecule has 0 fully saturated rings. The van der Waals surface area contributed by atoms with Crippen LogP contribution in [0.25, 0.3) is 21.6 Å². The number of aromatic nitrogens is 3. The number of hydrogen-bond donors (Lipinski definition) is 1. The fourth-order valence-electron chi connectivity index (χ4n) is 1.54. The van der Waals surface area contributed by atoms with E-state index in [0.29, 0.717) is 16.7 Å². The first-order valence-corrected chi connectivity index (χ1v) is 5.60. The number of thiazole rings is 1. The first-order valence-electron chi connectivity index (χ1n) is 4.72. The van der Waals surface area contributed by atoms with Crippen LogP contribution < -0.4 is 5.56 Å². The molecule has 5 heteroatoms. The van der Waals surface area contributed by atoms with Crippen LogP contribution in [-0.4, -0.2) is 15.0 Å². The van der Waals surface area contributed by atoms with Gasteiger partial charge in [-0.05, 0) is 12.1 Å². The number of para-hydroxylation sites is 1. The molecule has 4 nitrogen and oxygen atoms in total. The topological polar surface area (TPSA) is 58.6 Å². The third kappa shape index (κ3) is 1.42. The molecule has 78 valence electrons. The molecule has 0 unspecified atom stereocenters. The fraction of sp³-hybridized carbons (Fsp3) is 0. The van der Waals surface area contributed by atoms with Gasteiger partial charge in [-0.1, -0.05) is 12.1 Å². The normalized spacial score (nSPS) is 10.8. The van der Waals surface area contributed by atoms with Crippen LogP contribution in [0.4, 0.5) is 0 Å². The van der Waals surface area contributed by atoms with Crippen molar-refractivity contribution in [2.24, 2.45) is 0 Å². The van der Waals surface area contributed by atoms with E-state index < -0.39 is 0 Å². The summed E-state index contributed by atoms with van der Waals surface area (Å²) in [5.41, 5.74) is 2.30. The molecule has 0 aliphatic carbocycles. The van der Waals surface area contributed by atoms with Crippen LogP contribution >= 0.6 is 11.3 Å². The Hall–Kier alpha value is -2.01. The van der Waals surface area contributed by atoms with Gasteiger partial charge in [0.2, 0.25) is 0 Å². The van der Waals surface area contributed by atoms with Gasteiger partial charge < -0.3 is 4.98 Å². The molecule has 0 saturated carbocycles. The number of nitrogens with one attached hydrogen (secondary N) is 1. The number of aromatic amines is 1. The maximum Gasteiger partial charge on any atom is 0.259 e. The quantitative estimate of drug-likeness (QED) is 0.694. The van der Waals surface area contributed by atoms with Gasteiger partial charge in [-0.3, -0.25) is 9.78 Å². The molecule has 3 rings (SSSR count). The molecule has 2 heterocycles. The largest absolute Gasteiger partial charge is 0.305 e. The second-order valence-corrected chi connectivity index (χ2v) is 4.18. The van der Waals surface area contributed by atoms with Crippen LogP contribution in [0.5, 0.6) is 0 Å². The molecule has 0 radical (unpaired) electrons. The van der Waals surface area contributed by atoms with Gasteiger partial charge in [-0.2, -0.15) is 0 Å². The minimum absolute atomic E-state index is 0.117. The molecule has 0 amide bonds. The van der Waals surface area contributed by atoms with Crippen LogP contribution in [0.3, 0.4) is 0 Å². The van der Waals surface area contributed by atoms with Gasteiger partial charge in [0.1, 0.15) is 0 Å². The third-order valence-electron chi connectivity index (χ3n) is 2.28. The minimum atomic E-state index is -0.117. The SMILES string of the molecule is O=c1[nH]c(-c2cncs2)nc2ccccc12. The van der Waals surface area contributed by atoms with Crippen molar-refractivity contribution in [1.29, 1.82) is 0 Å². The molecule has 0 aliphatic rings. The Bertz CT molecular complexity index is 688. The lowest BCUT2D eigenvalue weighted by Gasteiger charge is -1.99. The Labute approximate surface area is 94.6 Å². The van der Waals surface area contributed by atoms with Gasteiger partial charge in [0.25, 0.3) is 5.56 Å². The molecule has 16 heavy (non-hydrogen) atoms. The third-order valence-corrected chi connectivity index (χ3v) is 3.06. The average molecular weight is 229 g/mol. The molecular formula is C11H7N3OS. The van der Waals surface area contributed by atoms with Crippen LogP contribution in [0, 0.1) is 0 Å². The average Bonchev–Trinajstić information content (AvgIpc) is 2.82. The zero-order chi connectivity index (χ0) is 11.0. The molecule has 1 N–H and O–H groups in total. The number of hydrogen-bond acceptors (Lipinski definition) is 4. The lowest BCUT2D eigenvalue weighted by Crippen LogP contribution is -2.08. The number of rotatable bonds is 1. The number of nitrogens with zero attached hydrogens (tertiary/aromatic N) is 2. The van der Waals surface area contributed by atoms with Crippen molar-refractivity contribution in [3.05, 3.63) is 46.3 Å². The summed E-state index contributed by atoms with van der Waals surface area (Å²) in [6, 6.07) is 7.28. The predicted octanol–water partition coefficient (Wildman–Crippen LogP) is 2.05. The van der Waals surface area contributed by atoms with E-state index in [1.807, 2.05) is 18.2 Å². The molecule has 0 spiro atoms. The smallest absolute Gasteiger partial charge is 0.259 e. The maximum atomic E-state index is 11.8. The van der Waals surface area contributed by atoms with Crippen LogP contribution in [0.2, 0.25) is 0 Å². The van der Waals surface area contributed by atoms with E-state index in [-0.39, 0.29) is 5.56 Å². The van der Waals surface area contributed by atoms with Gasteiger partial charge >= 0.3 is 0 Å². The lowest BCUT2D eigenvalue weighted by atomic mass is 10.2. The molecule has 0 aliphatic heterocycles. The van der Waals surface area contributed by atoms with Crippen molar-refractivity contribution in [3.63, 3.8) is 0 Å². The summed E-state index contributed by atoms with van der Waals surface area (Å²) in [4.78, 5) is 23.8. The second kappa shape index (κ2) is 3.53. The highest BCUT2D eigenvalue weighted by atomic mass is 32.1. The van der Waals surface area contributed by atoms with Crippen molar-refractivity contribution in [2.45, 2.75) is 0 Å². The summed E-state index contributed by atoms with van der Waals surface area (Å²) >= 11 is 1.45. The van der Waals surface area contributed by atoms with Crippen molar-refractivity contribution >= 4 is 22.2 Å². The van der Waals surface area contributed by atoms with Crippen molar-refractivity contribution in [3.8, 4) is 10.7 Å².